The van der Waals surface area contributed by atoms with Crippen molar-refractivity contribution in [2.75, 3.05) is 5.32 Å². The first-order chi connectivity index (χ1) is 10.1. The van der Waals surface area contributed by atoms with Crippen molar-refractivity contribution in [3.05, 3.63) is 36.7 Å². The Bertz CT molecular complexity index is 639. The zero-order valence-electron chi connectivity index (χ0n) is 12.0. The first-order valence-electron chi connectivity index (χ1n) is 7.14. The number of aromatic nitrogens is 3. The summed E-state index contributed by atoms with van der Waals surface area (Å²) < 4.78 is 1.63. The summed E-state index contributed by atoms with van der Waals surface area (Å²) in [5.41, 5.74) is 7.11. The summed E-state index contributed by atoms with van der Waals surface area (Å²) >= 11 is 0. The van der Waals surface area contributed by atoms with E-state index < -0.39 is 5.41 Å². The van der Waals surface area contributed by atoms with Crippen molar-refractivity contribution in [2.24, 2.45) is 11.1 Å². The van der Waals surface area contributed by atoms with Crippen molar-refractivity contribution >= 4 is 11.6 Å². The van der Waals surface area contributed by atoms with E-state index in [1.807, 2.05) is 31.2 Å². The summed E-state index contributed by atoms with van der Waals surface area (Å²) in [4.78, 5) is 12.6. The topological polar surface area (TPSA) is 85.8 Å². The third-order valence-electron chi connectivity index (χ3n) is 4.37. The van der Waals surface area contributed by atoms with Crippen LogP contribution in [0.2, 0.25) is 0 Å². The molecule has 21 heavy (non-hydrogen) atoms. The minimum atomic E-state index is -0.504. The molecule has 6 nitrogen and oxygen atoms in total. The molecule has 1 saturated carbocycles. The third kappa shape index (κ3) is 2.42. The summed E-state index contributed by atoms with van der Waals surface area (Å²) in [6.07, 6.45) is 6.07. The summed E-state index contributed by atoms with van der Waals surface area (Å²) in [7, 11) is 0. The normalized spacial score (nSPS) is 25.0. The van der Waals surface area contributed by atoms with E-state index in [1.165, 1.54) is 0 Å². The number of carbonyl (C=O) groups is 1. The lowest BCUT2D eigenvalue weighted by Crippen LogP contribution is -2.44. The highest BCUT2D eigenvalue weighted by atomic mass is 16.2. The summed E-state index contributed by atoms with van der Waals surface area (Å²) in [5.74, 6) is -0.0277. The van der Waals surface area contributed by atoms with Crippen molar-refractivity contribution in [1.29, 1.82) is 0 Å². The Kier molecular flexibility index (Phi) is 3.47. The molecule has 0 radical (unpaired) electrons. The van der Waals surface area contributed by atoms with Crippen LogP contribution in [-0.4, -0.2) is 26.9 Å². The van der Waals surface area contributed by atoms with Crippen LogP contribution in [0.3, 0.4) is 0 Å². The average Bonchev–Trinajstić information content (AvgIpc) is 3.11. The molecule has 0 spiro atoms. The molecular weight excluding hydrogens is 266 g/mol. The van der Waals surface area contributed by atoms with Gasteiger partial charge in [-0.25, -0.2) is 4.68 Å². The molecule has 1 aromatic carbocycles. The Balaban J connectivity index is 1.87. The van der Waals surface area contributed by atoms with Crippen molar-refractivity contribution in [2.45, 2.75) is 32.2 Å². The Morgan fingerprint density at radius 3 is 2.95 bits per heavy atom. The largest absolute Gasteiger partial charge is 0.327 e. The van der Waals surface area contributed by atoms with Gasteiger partial charge in [-0.2, -0.15) is 0 Å². The highest BCUT2D eigenvalue weighted by Crippen LogP contribution is 2.38. The SMILES string of the molecule is CC1(C(=O)Nc2ccccc2-n2ccnn2)CCCC1N. The highest BCUT2D eigenvalue weighted by Gasteiger charge is 2.43. The number of carbonyl (C=O) groups excluding carboxylic acids is 1. The van der Waals surface area contributed by atoms with Crippen LogP contribution in [0, 0.1) is 5.41 Å². The predicted octanol–water partition coefficient (Wildman–Crippen LogP) is 1.72. The van der Waals surface area contributed by atoms with Crippen LogP contribution in [0.25, 0.3) is 5.69 Å². The molecule has 0 aliphatic heterocycles. The van der Waals surface area contributed by atoms with E-state index in [1.54, 1.807) is 17.1 Å². The van der Waals surface area contributed by atoms with Crippen molar-refractivity contribution < 1.29 is 4.79 Å². The maximum atomic E-state index is 12.6. The first-order valence-corrected chi connectivity index (χ1v) is 7.14. The second-order valence-electron chi connectivity index (χ2n) is 5.74. The number of benzene rings is 1. The lowest BCUT2D eigenvalue weighted by Gasteiger charge is -2.27. The Hall–Kier alpha value is -2.21. The first kappa shape index (κ1) is 13.8. The number of para-hydroxylation sites is 2. The molecule has 1 heterocycles. The molecule has 1 aliphatic rings. The number of hydrogen-bond acceptors (Lipinski definition) is 4. The van der Waals surface area contributed by atoms with Crippen LogP contribution in [0.5, 0.6) is 0 Å². The minimum absolute atomic E-state index is 0.0277. The molecule has 0 bridgehead atoms. The third-order valence-corrected chi connectivity index (χ3v) is 4.37. The molecule has 3 N–H and O–H groups in total. The van der Waals surface area contributed by atoms with Gasteiger partial charge in [-0.15, -0.1) is 5.10 Å². The van der Waals surface area contributed by atoms with E-state index in [9.17, 15) is 4.79 Å². The second-order valence-corrected chi connectivity index (χ2v) is 5.74. The van der Waals surface area contributed by atoms with E-state index in [0.717, 1.165) is 24.9 Å². The van der Waals surface area contributed by atoms with E-state index >= 15 is 0 Å². The number of hydrogen-bond donors (Lipinski definition) is 2. The predicted molar refractivity (Wildman–Crippen MR) is 79.9 cm³/mol. The van der Waals surface area contributed by atoms with Gasteiger partial charge in [-0.05, 0) is 31.9 Å². The van der Waals surface area contributed by atoms with Crippen molar-refractivity contribution in [3.63, 3.8) is 0 Å². The molecule has 2 unspecified atom stereocenters. The Morgan fingerprint density at radius 1 is 1.48 bits per heavy atom. The molecule has 110 valence electrons. The molecule has 1 aliphatic carbocycles. The van der Waals surface area contributed by atoms with E-state index in [2.05, 4.69) is 15.6 Å². The van der Waals surface area contributed by atoms with Gasteiger partial charge in [-0.1, -0.05) is 23.8 Å². The highest BCUT2D eigenvalue weighted by molar-refractivity contribution is 5.97. The van der Waals surface area contributed by atoms with Gasteiger partial charge in [0.2, 0.25) is 5.91 Å². The van der Waals surface area contributed by atoms with Gasteiger partial charge < -0.3 is 11.1 Å². The van der Waals surface area contributed by atoms with Crippen LogP contribution in [0.1, 0.15) is 26.2 Å². The number of nitrogens with two attached hydrogens (primary N) is 1. The van der Waals surface area contributed by atoms with Gasteiger partial charge in [0.05, 0.1) is 29.2 Å². The van der Waals surface area contributed by atoms with E-state index in [-0.39, 0.29) is 11.9 Å². The molecule has 1 fully saturated rings. The van der Waals surface area contributed by atoms with Gasteiger partial charge >= 0.3 is 0 Å². The van der Waals surface area contributed by atoms with Gasteiger partial charge in [0.15, 0.2) is 0 Å². The molecule has 0 saturated heterocycles. The fourth-order valence-electron chi connectivity index (χ4n) is 2.86. The number of rotatable bonds is 3. The fraction of sp³-hybridized carbons (Fsp3) is 0.400. The molecular formula is C15H19N5O. The summed E-state index contributed by atoms with van der Waals surface area (Å²) in [6.45, 7) is 1.94. The summed E-state index contributed by atoms with van der Waals surface area (Å²) in [6, 6.07) is 7.44. The maximum Gasteiger partial charge on any atom is 0.231 e. The number of anilines is 1. The molecule has 3 rings (SSSR count). The molecule has 2 aromatic rings. The zero-order chi connectivity index (χ0) is 14.9. The van der Waals surface area contributed by atoms with Crippen LogP contribution in [-0.2, 0) is 4.79 Å². The quantitative estimate of drug-likeness (QED) is 0.899. The van der Waals surface area contributed by atoms with E-state index in [0.29, 0.717) is 5.69 Å². The molecule has 6 heteroatoms. The van der Waals surface area contributed by atoms with Crippen LogP contribution in [0.4, 0.5) is 5.69 Å². The monoisotopic (exact) mass is 285 g/mol. The van der Waals surface area contributed by atoms with Crippen LogP contribution in [0.15, 0.2) is 36.7 Å². The summed E-state index contributed by atoms with van der Waals surface area (Å²) in [5, 5.41) is 10.8. The Labute approximate surface area is 123 Å². The van der Waals surface area contributed by atoms with Crippen LogP contribution < -0.4 is 11.1 Å². The minimum Gasteiger partial charge on any atom is -0.327 e. The average molecular weight is 285 g/mol. The number of nitrogens with one attached hydrogen (secondary N) is 1. The molecule has 2 atom stereocenters. The second kappa shape index (κ2) is 5.29. The molecule has 1 amide bonds. The number of nitrogens with zero attached hydrogens (tertiary/aromatic N) is 3. The smallest absolute Gasteiger partial charge is 0.231 e. The van der Waals surface area contributed by atoms with Gasteiger partial charge in [0.25, 0.3) is 0 Å². The lowest BCUT2D eigenvalue weighted by molar-refractivity contribution is -0.125. The fourth-order valence-corrected chi connectivity index (χ4v) is 2.86. The van der Waals surface area contributed by atoms with Gasteiger partial charge in [0, 0.05) is 6.04 Å². The van der Waals surface area contributed by atoms with E-state index in [4.69, 9.17) is 5.73 Å². The van der Waals surface area contributed by atoms with Gasteiger partial charge in [0.1, 0.15) is 0 Å². The number of amides is 1. The Morgan fingerprint density at radius 2 is 2.29 bits per heavy atom. The van der Waals surface area contributed by atoms with Crippen molar-refractivity contribution in [1.82, 2.24) is 15.0 Å². The van der Waals surface area contributed by atoms with Crippen molar-refractivity contribution in [3.8, 4) is 5.69 Å². The van der Waals surface area contributed by atoms with Gasteiger partial charge in [-0.3, -0.25) is 4.79 Å². The van der Waals surface area contributed by atoms with Crippen LogP contribution >= 0.6 is 0 Å². The molecule has 1 aromatic heterocycles. The maximum absolute atomic E-state index is 12.6. The lowest BCUT2D eigenvalue weighted by atomic mass is 9.84. The zero-order valence-corrected chi connectivity index (χ0v) is 12.0. The standard InChI is InChI=1S/C15H19N5O/c1-15(8-4-7-13(15)16)14(21)18-11-5-2-3-6-12(11)20-10-9-17-19-20/h2-3,5-6,9-10,13H,4,7-8,16H2,1H3,(H,18,21).